The summed E-state index contributed by atoms with van der Waals surface area (Å²) in [5, 5.41) is 9.37. The molecule has 0 bridgehead atoms. The predicted molar refractivity (Wildman–Crippen MR) is 78.1 cm³/mol. The second-order valence-electron chi connectivity index (χ2n) is 6.23. The summed E-state index contributed by atoms with van der Waals surface area (Å²) in [7, 11) is 0. The maximum Gasteiger partial charge on any atom is 0.309 e. The lowest BCUT2D eigenvalue weighted by Crippen LogP contribution is -2.46. The van der Waals surface area contributed by atoms with Gasteiger partial charge in [-0.3, -0.25) is 9.59 Å². The summed E-state index contributed by atoms with van der Waals surface area (Å²) in [4.78, 5) is 25.8. The molecule has 1 aromatic rings. The fraction of sp³-hybridized carbons (Fsp3) is 0.625. The average molecular weight is 293 g/mol. The lowest BCUT2D eigenvalue weighted by molar-refractivity contribution is -0.151. The fourth-order valence-corrected chi connectivity index (χ4v) is 2.90. The molecule has 1 aromatic heterocycles. The minimum atomic E-state index is -0.817. The van der Waals surface area contributed by atoms with Gasteiger partial charge in [-0.2, -0.15) is 0 Å². The molecule has 5 heteroatoms. The number of aryl methyl sites for hydroxylation is 1. The largest absolute Gasteiger partial charge is 0.481 e. The van der Waals surface area contributed by atoms with Gasteiger partial charge in [0.2, 0.25) is 0 Å². The van der Waals surface area contributed by atoms with Crippen molar-refractivity contribution in [2.75, 3.05) is 13.1 Å². The molecule has 116 valence electrons. The Bertz CT molecular complexity index is 532. The second kappa shape index (κ2) is 5.92. The van der Waals surface area contributed by atoms with Crippen LogP contribution in [0.5, 0.6) is 0 Å². The highest BCUT2D eigenvalue weighted by molar-refractivity contribution is 5.95. The van der Waals surface area contributed by atoms with Gasteiger partial charge in [-0.05, 0) is 38.7 Å². The molecule has 0 saturated carbocycles. The van der Waals surface area contributed by atoms with Crippen molar-refractivity contribution < 1.29 is 19.1 Å². The van der Waals surface area contributed by atoms with Gasteiger partial charge in [-0.25, -0.2) is 0 Å². The number of likely N-dealkylation sites (tertiary alicyclic amines) is 1. The van der Waals surface area contributed by atoms with Crippen LogP contribution in [0.2, 0.25) is 0 Å². The van der Waals surface area contributed by atoms with Crippen molar-refractivity contribution in [1.82, 2.24) is 4.90 Å². The second-order valence-corrected chi connectivity index (χ2v) is 6.23. The van der Waals surface area contributed by atoms with Crippen LogP contribution < -0.4 is 0 Å². The zero-order valence-corrected chi connectivity index (χ0v) is 12.9. The Hall–Kier alpha value is -1.78. The molecule has 1 atom stereocenters. The van der Waals surface area contributed by atoms with Crippen LogP contribution in [0.4, 0.5) is 0 Å². The topological polar surface area (TPSA) is 70.8 Å². The van der Waals surface area contributed by atoms with Gasteiger partial charge in [0.25, 0.3) is 5.91 Å². The number of piperidine rings is 1. The number of hydrogen-bond acceptors (Lipinski definition) is 3. The minimum absolute atomic E-state index is 0.0234. The molecule has 0 spiro atoms. The van der Waals surface area contributed by atoms with E-state index >= 15 is 0 Å². The van der Waals surface area contributed by atoms with Crippen molar-refractivity contribution in [3.05, 3.63) is 23.7 Å². The number of hydrogen-bond donors (Lipinski definition) is 1. The van der Waals surface area contributed by atoms with E-state index < -0.39 is 11.4 Å². The van der Waals surface area contributed by atoms with Crippen LogP contribution in [0.3, 0.4) is 0 Å². The molecule has 0 aromatic carbocycles. The highest BCUT2D eigenvalue weighted by atomic mass is 16.4. The van der Waals surface area contributed by atoms with Gasteiger partial charge in [0.05, 0.1) is 17.2 Å². The maximum absolute atomic E-state index is 12.6. The van der Waals surface area contributed by atoms with Crippen molar-refractivity contribution in [3.8, 4) is 0 Å². The number of furan rings is 1. The molecule has 1 saturated heterocycles. The number of amides is 1. The Balaban J connectivity index is 2.15. The van der Waals surface area contributed by atoms with Crippen molar-refractivity contribution in [2.24, 2.45) is 11.3 Å². The summed E-state index contributed by atoms with van der Waals surface area (Å²) in [6, 6.07) is 1.70. The van der Waals surface area contributed by atoms with E-state index in [4.69, 9.17) is 4.42 Å². The third-order valence-corrected chi connectivity index (χ3v) is 4.58. The Morgan fingerprint density at radius 3 is 2.81 bits per heavy atom. The first-order chi connectivity index (χ1) is 9.87. The molecule has 1 N–H and O–H groups in total. The summed E-state index contributed by atoms with van der Waals surface area (Å²) in [6.07, 6.45) is 3.89. The molecule has 1 aliphatic rings. The van der Waals surface area contributed by atoms with Crippen LogP contribution in [0.15, 0.2) is 16.7 Å². The number of carbonyl (C=O) groups excluding carboxylic acids is 1. The van der Waals surface area contributed by atoms with Crippen molar-refractivity contribution in [3.63, 3.8) is 0 Å². The molecule has 1 fully saturated rings. The molecule has 2 rings (SSSR count). The van der Waals surface area contributed by atoms with Gasteiger partial charge in [0.1, 0.15) is 5.76 Å². The van der Waals surface area contributed by atoms with Crippen LogP contribution >= 0.6 is 0 Å². The summed E-state index contributed by atoms with van der Waals surface area (Å²) < 4.78 is 5.32. The van der Waals surface area contributed by atoms with Gasteiger partial charge in [-0.15, -0.1) is 0 Å². The smallest absolute Gasteiger partial charge is 0.309 e. The van der Waals surface area contributed by atoms with Crippen molar-refractivity contribution in [2.45, 2.75) is 40.0 Å². The normalized spacial score (nSPS) is 19.6. The van der Waals surface area contributed by atoms with Crippen LogP contribution in [0.25, 0.3) is 0 Å². The maximum atomic E-state index is 12.6. The number of carboxylic acid groups (broad SMARTS) is 1. The average Bonchev–Trinajstić information content (AvgIpc) is 2.94. The Labute approximate surface area is 124 Å². The van der Waals surface area contributed by atoms with E-state index in [0.717, 1.165) is 12.8 Å². The summed E-state index contributed by atoms with van der Waals surface area (Å²) >= 11 is 0. The van der Waals surface area contributed by atoms with Crippen LogP contribution in [-0.2, 0) is 11.2 Å². The van der Waals surface area contributed by atoms with Gasteiger partial charge in [-0.1, -0.05) is 6.92 Å². The molecule has 1 unspecified atom stereocenters. The Kier molecular flexibility index (Phi) is 4.40. The third-order valence-electron chi connectivity index (χ3n) is 4.58. The summed E-state index contributed by atoms with van der Waals surface area (Å²) in [5.74, 6) is -0.185. The quantitative estimate of drug-likeness (QED) is 0.926. The Morgan fingerprint density at radius 2 is 2.19 bits per heavy atom. The molecular weight excluding hydrogens is 270 g/mol. The van der Waals surface area contributed by atoms with Crippen LogP contribution in [0, 0.1) is 11.3 Å². The first-order valence-electron chi connectivity index (χ1n) is 7.47. The lowest BCUT2D eigenvalue weighted by atomic mass is 9.74. The highest BCUT2D eigenvalue weighted by Crippen LogP contribution is 2.34. The molecule has 1 amide bonds. The summed E-state index contributed by atoms with van der Waals surface area (Å²) in [6.45, 7) is 6.60. The molecule has 1 aliphatic heterocycles. The number of aliphatic carboxylic acids is 1. The number of carboxylic acids is 1. The zero-order chi connectivity index (χ0) is 15.6. The number of carbonyl (C=O) groups is 2. The fourth-order valence-electron chi connectivity index (χ4n) is 2.90. The van der Waals surface area contributed by atoms with E-state index in [2.05, 4.69) is 0 Å². The SMILES string of the molecule is CCc1occc1C(=O)N1CCCC(C(C)(C)C(=O)O)C1. The first-order valence-corrected chi connectivity index (χ1v) is 7.47. The summed E-state index contributed by atoms with van der Waals surface area (Å²) in [5.41, 5.74) is -0.213. The van der Waals surface area contributed by atoms with Crippen LogP contribution in [-0.4, -0.2) is 35.0 Å². The number of nitrogens with zero attached hydrogens (tertiary/aromatic N) is 1. The van der Waals surface area contributed by atoms with E-state index in [9.17, 15) is 14.7 Å². The van der Waals surface area contributed by atoms with Gasteiger partial charge < -0.3 is 14.4 Å². The molecule has 5 nitrogen and oxygen atoms in total. The molecular formula is C16H23NO4. The Morgan fingerprint density at radius 1 is 1.48 bits per heavy atom. The van der Waals surface area contributed by atoms with E-state index in [0.29, 0.717) is 30.8 Å². The van der Waals surface area contributed by atoms with Gasteiger partial charge in [0.15, 0.2) is 0 Å². The van der Waals surface area contributed by atoms with E-state index in [1.54, 1.807) is 24.8 Å². The lowest BCUT2D eigenvalue weighted by Gasteiger charge is -2.39. The molecule has 0 radical (unpaired) electrons. The van der Waals surface area contributed by atoms with Crippen molar-refractivity contribution >= 4 is 11.9 Å². The molecule has 21 heavy (non-hydrogen) atoms. The van der Waals surface area contributed by atoms with E-state index in [-0.39, 0.29) is 11.8 Å². The number of rotatable bonds is 4. The third kappa shape index (κ3) is 2.96. The first kappa shape index (κ1) is 15.6. The molecule has 0 aliphatic carbocycles. The monoisotopic (exact) mass is 293 g/mol. The van der Waals surface area contributed by atoms with Gasteiger partial charge >= 0.3 is 5.97 Å². The highest BCUT2D eigenvalue weighted by Gasteiger charge is 2.40. The van der Waals surface area contributed by atoms with E-state index in [1.807, 2.05) is 6.92 Å². The van der Waals surface area contributed by atoms with E-state index in [1.165, 1.54) is 6.26 Å². The molecule has 2 heterocycles. The van der Waals surface area contributed by atoms with Crippen LogP contribution in [0.1, 0.15) is 49.7 Å². The standard InChI is InChI=1S/C16H23NO4/c1-4-13-12(7-9-21-13)14(18)17-8-5-6-11(10-17)16(2,3)15(19)20/h7,9,11H,4-6,8,10H2,1-3H3,(H,19,20). The minimum Gasteiger partial charge on any atom is -0.481 e. The zero-order valence-electron chi connectivity index (χ0n) is 12.9. The predicted octanol–water partition coefficient (Wildman–Crippen LogP) is 2.81. The van der Waals surface area contributed by atoms with Gasteiger partial charge in [0, 0.05) is 19.5 Å². The van der Waals surface area contributed by atoms with Crippen molar-refractivity contribution in [1.29, 1.82) is 0 Å².